The minimum atomic E-state index is -4.43. The lowest BCUT2D eigenvalue weighted by Crippen LogP contribution is -2.05. The molecule has 3 nitrogen and oxygen atoms in total. The molecule has 0 amide bonds. The van der Waals surface area contributed by atoms with Crippen LogP contribution in [0.2, 0.25) is 5.02 Å². The van der Waals surface area contributed by atoms with Crippen LogP contribution in [-0.2, 0) is 6.18 Å². The van der Waals surface area contributed by atoms with Crippen LogP contribution >= 0.6 is 11.6 Å². The van der Waals surface area contributed by atoms with Crippen LogP contribution < -0.4 is 4.74 Å². The van der Waals surface area contributed by atoms with Crippen molar-refractivity contribution < 1.29 is 17.9 Å². The summed E-state index contributed by atoms with van der Waals surface area (Å²) in [6.45, 7) is 0. The van der Waals surface area contributed by atoms with E-state index in [1.165, 1.54) is 0 Å². The van der Waals surface area contributed by atoms with Gasteiger partial charge in [-0.1, -0.05) is 11.6 Å². The molecule has 22 heavy (non-hydrogen) atoms. The van der Waals surface area contributed by atoms with Crippen LogP contribution in [0.15, 0.2) is 48.8 Å². The lowest BCUT2D eigenvalue weighted by atomic mass is 10.2. The molecule has 0 atom stereocenters. The molecule has 0 bridgehead atoms. The second-order valence-corrected chi connectivity index (χ2v) is 4.84. The molecule has 0 unspecified atom stereocenters. The number of aromatic nitrogens is 2. The van der Waals surface area contributed by atoms with E-state index in [-0.39, 0.29) is 5.88 Å². The van der Waals surface area contributed by atoms with E-state index in [0.717, 1.165) is 18.3 Å². The summed E-state index contributed by atoms with van der Waals surface area (Å²) in [4.78, 5) is 7.84. The molecular weight excluding hydrogens is 317 g/mol. The van der Waals surface area contributed by atoms with Gasteiger partial charge in [-0.05, 0) is 30.3 Å². The highest BCUT2D eigenvalue weighted by Gasteiger charge is 2.30. The van der Waals surface area contributed by atoms with Gasteiger partial charge < -0.3 is 4.74 Å². The second-order valence-electron chi connectivity index (χ2n) is 4.43. The van der Waals surface area contributed by atoms with Crippen molar-refractivity contribution in [3.8, 4) is 11.6 Å². The van der Waals surface area contributed by atoms with Gasteiger partial charge in [-0.3, -0.25) is 4.98 Å². The number of halogens is 4. The molecule has 0 aliphatic rings. The molecule has 2 aromatic heterocycles. The van der Waals surface area contributed by atoms with Crippen molar-refractivity contribution >= 4 is 22.5 Å². The molecule has 0 aliphatic carbocycles. The molecule has 0 saturated carbocycles. The maximum absolute atomic E-state index is 12.5. The first-order valence-corrected chi connectivity index (χ1v) is 6.57. The lowest BCUT2D eigenvalue weighted by molar-refractivity contribution is -0.137. The molecular formula is C15H8ClF3N2O. The van der Waals surface area contributed by atoms with Crippen molar-refractivity contribution in [2.45, 2.75) is 6.18 Å². The first-order valence-electron chi connectivity index (χ1n) is 6.19. The highest BCUT2D eigenvalue weighted by atomic mass is 35.5. The molecule has 0 spiro atoms. The molecule has 0 N–H and O–H groups in total. The number of benzene rings is 1. The molecule has 3 rings (SSSR count). The summed E-state index contributed by atoms with van der Waals surface area (Å²) in [7, 11) is 0. The molecule has 0 fully saturated rings. The van der Waals surface area contributed by atoms with Crippen LogP contribution in [0.25, 0.3) is 10.9 Å². The average molecular weight is 325 g/mol. The number of hydrogen-bond acceptors (Lipinski definition) is 3. The zero-order valence-electron chi connectivity index (χ0n) is 10.9. The predicted octanol–water partition coefficient (Wildman–Crippen LogP) is 5.09. The van der Waals surface area contributed by atoms with Gasteiger partial charge >= 0.3 is 6.18 Å². The van der Waals surface area contributed by atoms with Gasteiger partial charge in [0.25, 0.3) is 0 Å². The van der Waals surface area contributed by atoms with E-state index < -0.39 is 11.7 Å². The van der Waals surface area contributed by atoms with Crippen LogP contribution in [0.3, 0.4) is 0 Å². The quantitative estimate of drug-likeness (QED) is 0.658. The highest BCUT2D eigenvalue weighted by Crippen LogP contribution is 2.33. The van der Waals surface area contributed by atoms with Crippen LogP contribution in [0.1, 0.15) is 5.56 Å². The zero-order valence-corrected chi connectivity index (χ0v) is 11.7. The third-order valence-corrected chi connectivity index (χ3v) is 3.29. The Morgan fingerprint density at radius 2 is 1.82 bits per heavy atom. The van der Waals surface area contributed by atoms with Gasteiger partial charge in [0.2, 0.25) is 5.88 Å². The predicted molar refractivity (Wildman–Crippen MR) is 76.1 cm³/mol. The number of ether oxygens (including phenoxy) is 1. The average Bonchev–Trinajstić information content (AvgIpc) is 2.50. The summed E-state index contributed by atoms with van der Waals surface area (Å²) in [5, 5.41) is 1.20. The number of alkyl halides is 3. The summed E-state index contributed by atoms with van der Waals surface area (Å²) in [6, 6.07) is 8.80. The van der Waals surface area contributed by atoms with E-state index in [1.54, 1.807) is 30.5 Å². The van der Waals surface area contributed by atoms with Gasteiger partial charge in [-0.2, -0.15) is 13.2 Å². The van der Waals surface area contributed by atoms with E-state index in [9.17, 15) is 13.2 Å². The fourth-order valence-corrected chi connectivity index (χ4v) is 2.13. The van der Waals surface area contributed by atoms with Crippen molar-refractivity contribution in [3.05, 3.63) is 59.4 Å². The Morgan fingerprint density at radius 1 is 1.00 bits per heavy atom. The third kappa shape index (κ3) is 2.82. The molecule has 0 radical (unpaired) electrons. The molecule has 1 aromatic carbocycles. The first kappa shape index (κ1) is 14.6. The summed E-state index contributed by atoms with van der Waals surface area (Å²) < 4.78 is 43.0. The standard InChI is InChI=1S/C15H8ClF3N2O/c16-11-4-5-12(14-10(11)2-1-7-20-14)22-13-6-3-9(8-21-13)15(17,18)19/h1-8H. The first-order chi connectivity index (χ1) is 10.4. The maximum Gasteiger partial charge on any atom is 0.417 e. The molecule has 112 valence electrons. The van der Waals surface area contributed by atoms with Crippen molar-refractivity contribution in [1.29, 1.82) is 0 Å². The minimum Gasteiger partial charge on any atom is -0.437 e. The van der Waals surface area contributed by atoms with Gasteiger partial charge in [0.05, 0.1) is 10.6 Å². The van der Waals surface area contributed by atoms with Crippen LogP contribution in [-0.4, -0.2) is 9.97 Å². The van der Waals surface area contributed by atoms with Crippen molar-refractivity contribution in [2.24, 2.45) is 0 Å². The monoisotopic (exact) mass is 324 g/mol. The summed E-state index contributed by atoms with van der Waals surface area (Å²) >= 11 is 6.07. The summed E-state index contributed by atoms with van der Waals surface area (Å²) in [6.07, 6.45) is -2.13. The normalized spacial score (nSPS) is 11.6. The van der Waals surface area contributed by atoms with E-state index >= 15 is 0 Å². The smallest absolute Gasteiger partial charge is 0.417 e. The number of hydrogen-bond donors (Lipinski definition) is 0. The lowest BCUT2D eigenvalue weighted by Gasteiger charge is -2.10. The molecule has 0 aliphatic heterocycles. The van der Waals surface area contributed by atoms with Crippen LogP contribution in [0, 0.1) is 0 Å². The second kappa shape index (κ2) is 5.46. The molecule has 2 heterocycles. The highest BCUT2D eigenvalue weighted by molar-refractivity contribution is 6.35. The fraction of sp³-hybridized carbons (Fsp3) is 0.0667. The van der Waals surface area contributed by atoms with Crippen molar-refractivity contribution in [2.75, 3.05) is 0 Å². The third-order valence-electron chi connectivity index (χ3n) is 2.96. The van der Waals surface area contributed by atoms with Crippen molar-refractivity contribution in [3.63, 3.8) is 0 Å². The van der Waals surface area contributed by atoms with Gasteiger partial charge in [-0.15, -0.1) is 0 Å². The topological polar surface area (TPSA) is 35.0 Å². The Kier molecular flexibility index (Phi) is 3.62. The van der Waals surface area contributed by atoms with Crippen LogP contribution in [0.5, 0.6) is 11.6 Å². The van der Waals surface area contributed by atoms with Crippen molar-refractivity contribution in [1.82, 2.24) is 9.97 Å². The van der Waals surface area contributed by atoms with Gasteiger partial charge in [0, 0.05) is 23.8 Å². The zero-order chi connectivity index (χ0) is 15.7. The van der Waals surface area contributed by atoms with E-state index in [0.29, 0.717) is 21.7 Å². The van der Waals surface area contributed by atoms with E-state index in [1.807, 2.05) is 0 Å². The number of fused-ring (bicyclic) bond motifs is 1. The van der Waals surface area contributed by atoms with E-state index in [2.05, 4.69) is 9.97 Å². The minimum absolute atomic E-state index is 0.0438. The Hall–Kier alpha value is -2.34. The fourth-order valence-electron chi connectivity index (χ4n) is 1.92. The largest absolute Gasteiger partial charge is 0.437 e. The Bertz CT molecular complexity index is 819. The molecule has 3 aromatic rings. The summed E-state index contributed by atoms with van der Waals surface area (Å²) in [5.74, 6) is 0.412. The Morgan fingerprint density at radius 3 is 2.50 bits per heavy atom. The molecule has 0 saturated heterocycles. The number of rotatable bonds is 2. The maximum atomic E-state index is 12.5. The SMILES string of the molecule is FC(F)(F)c1ccc(Oc2ccc(Cl)c3cccnc23)nc1. The Labute approximate surface area is 128 Å². The number of nitrogens with zero attached hydrogens (tertiary/aromatic N) is 2. The van der Waals surface area contributed by atoms with Gasteiger partial charge in [0.15, 0.2) is 5.75 Å². The van der Waals surface area contributed by atoms with Gasteiger partial charge in [0.1, 0.15) is 5.52 Å². The van der Waals surface area contributed by atoms with Crippen LogP contribution in [0.4, 0.5) is 13.2 Å². The molecule has 7 heteroatoms. The Balaban J connectivity index is 1.95. The summed E-state index contributed by atoms with van der Waals surface area (Å²) in [5.41, 5.74) is -0.323. The number of pyridine rings is 2. The van der Waals surface area contributed by atoms with Gasteiger partial charge in [-0.25, -0.2) is 4.98 Å². The van der Waals surface area contributed by atoms with E-state index in [4.69, 9.17) is 16.3 Å².